The summed E-state index contributed by atoms with van der Waals surface area (Å²) in [6.07, 6.45) is 5.56. The molecule has 0 unspecified atom stereocenters. The average Bonchev–Trinajstić information content (AvgIpc) is 3.06. The molecule has 0 amide bonds. The molecule has 1 fully saturated rings. The van der Waals surface area contributed by atoms with Gasteiger partial charge < -0.3 is 24.1 Å². The van der Waals surface area contributed by atoms with Crippen LogP contribution in [0.15, 0.2) is 85.2 Å². The molecule has 5 heterocycles. The Labute approximate surface area is 258 Å². The van der Waals surface area contributed by atoms with Crippen LogP contribution in [0, 0.1) is 0 Å². The largest absolute Gasteiger partial charge is 0.484 e. The lowest BCUT2D eigenvalue weighted by Crippen LogP contribution is -2.41. The topological polar surface area (TPSA) is 103 Å². The lowest BCUT2D eigenvalue weighted by molar-refractivity contribution is -0.00731. The van der Waals surface area contributed by atoms with E-state index in [0.717, 1.165) is 49.9 Å². The maximum absolute atomic E-state index is 10.6. The first kappa shape index (κ1) is 31.0. The van der Waals surface area contributed by atoms with Gasteiger partial charge in [-0.05, 0) is 60.7 Å². The number of rotatable bonds is 5. The number of ether oxygens (including phenoxy) is 4. The van der Waals surface area contributed by atoms with Crippen molar-refractivity contribution in [1.29, 1.82) is 0 Å². The Bertz CT molecular complexity index is 1520. The predicted octanol–water partition coefficient (Wildman–Crippen LogP) is 5.98. The molecular weight excluding hydrogens is 558 g/mol. The van der Waals surface area contributed by atoms with Crippen molar-refractivity contribution in [3.05, 3.63) is 107 Å². The third kappa shape index (κ3) is 7.53. The second kappa shape index (κ2) is 13.9. The normalized spacial score (nSPS) is 19.9. The predicted molar refractivity (Wildman–Crippen MR) is 166 cm³/mol. The number of carbonyl (C=O) groups excluding carboxylic acids is 1. The molecule has 3 aliphatic heterocycles. The van der Waals surface area contributed by atoms with E-state index in [1.165, 1.54) is 5.56 Å². The number of aliphatic hydroxyl groups is 1. The number of aldehydes is 1. The van der Waals surface area contributed by atoms with Gasteiger partial charge in [-0.3, -0.25) is 9.69 Å². The molecule has 3 aliphatic rings. The van der Waals surface area contributed by atoms with Crippen molar-refractivity contribution in [1.82, 2.24) is 14.9 Å². The van der Waals surface area contributed by atoms with Gasteiger partial charge in [-0.2, -0.15) is 0 Å². The van der Waals surface area contributed by atoms with Gasteiger partial charge in [0.2, 0.25) is 0 Å². The van der Waals surface area contributed by atoms with Gasteiger partial charge in [-0.15, -0.1) is 0 Å². The van der Waals surface area contributed by atoms with Crippen molar-refractivity contribution >= 4 is 6.29 Å². The van der Waals surface area contributed by atoms with Gasteiger partial charge in [-0.25, -0.2) is 9.97 Å². The number of aromatic nitrogens is 2. The van der Waals surface area contributed by atoms with E-state index < -0.39 is 5.60 Å². The van der Waals surface area contributed by atoms with Crippen molar-refractivity contribution in [3.8, 4) is 23.3 Å². The molecule has 0 aliphatic carbocycles. The van der Waals surface area contributed by atoms with Gasteiger partial charge in [0.15, 0.2) is 23.7 Å². The molecule has 1 N–H and O–H groups in total. The number of hydrogen-bond donors (Lipinski definition) is 1. The zero-order valence-corrected chi connectivity index (χ0v) is 24.1. The number of carbonyl (C=O) groups is 1. The minimum Gasteiger partial charge on any atom is -0.484 e. The number of fused-ring (bicyclic) bond motifs is 2. The van der Waals surface area contributed by atoms with E-state index in [2.05, 4.69) is 39.1 Å². The minimum atomic E-state index is -0.497. The van der Waals surface area contributed by atoms with Crippen molar-refractivity contribution in [2.24, 2.45) is 0 Å². The molecule has 0 radical (unpaired) electrons. The van der Waals surface area contributed by atoms with Gasteiger partial charge in [-0.1, -0.05) is 56.0 Å². The lowest BCUT2D eigenvalue weighted by atomic mass is 9.93. The number of hydrogen-bond acceptors (Lipinski definition) is 9. The molecule has 4 aromatic rings. The molecule has 2 aromatic carbocycles. The molecule has 230 valence electrons. The summed E-state index contributed by atoms with van der Waals surface area (Å²) in [5.74, 6) is 2.44. The first-order chi connectivity index (χ1) is 21.0. The van der Waals surface area contributed by atoms with Crippen LogP contribution >= 0.6 is 0 Å². The van der Waals surface area contributed by atoms with E-state index in [-0.39, 0.29) is 19.6 Å². The quantitative estimate of drug-likeness (QED) is 0.278. The monoisotopic (exact) mass is 597 g/mol. The Morgan fingerprint density at radius 1 is 0.818 bits per heavy atom. The minimum absolute atomic E-state index is 0. The highest BCUT2D eigenvalue weighted by Crippen LogP contribution is 2.35. The van der Waals surface area contributed by atoms with Gasteiger partial charge in [0.25, 0.3) is 11.8 Å². The molecule has 7 rings (SSSR count). The molecule has 9 heteroatoms. The molecule has 0 saturated carbocycles. The van der Waals surface area contributed by atoms with Gasteiger partial charge in [0.05, 0.1) is 5.60 Å². The summed E-state index contributed by atoms with van der Waals surface area (Å²) in [5, 5.41) is 10.1. The van der Waals surface area contributed by atoms with E-state index in [9.17, 15) is 9.90 Å². The Balaban J connectivity index is 0.000000179. The maximum atomic E-state index is 10.6. The van der Waals surface area contributed by atoms with E-state index in [4.69, 9.17) is 18.9 Å². The number of likely N-dealkylation sites (tertiary alicyclic amines) is 1. The van der Waals surface area contributed by atoms with Gasteiger partial charge >= 0.3 is 0 Å². The molecule has 0 bridgehead atoms. The molecular formula is C35H39N3O6. The summed E-state index contributed by atoms with van der Waals surface area (Å²) in [6, 6.07) is 23.1. The van der Waals surface area contributed by atoms with Crippen LogP contribution in [-0.4, -0.2) is 58.2 Å². The van der Waals surface area contributed by atoms with Crippen molar-refractivity contribution in [2.45, 2.75) is 51.5 Å². The molecule has 1 saturated heterocycles. The van der Waals surface area contributed by atoms with Crippen LogP contribution in [0.3, 0.4) is 0 Å². The molecule has 0 spiro atoms. The van der Waals surface area contributed by atoms with E-state index in [1.807, 2.05) is 37.3 Å². The highest BCUT2D eigenvalue weighted by Gasteiger charge is 2.28. The highest BCUT2D eigenvalue weighted by molar-refractivity contribution is 5.74. The number of pyridine rings is 2. The number of nitrogens with zero attached hydrogens (tertiary/aromatic N) is 3. The average molecular weight is 598 g/mol. The summed E-state index contributed by atoms with van der Waals surface area (Å²) in [6.45, 7) is 5.67. The smallest absolute Gasteiger partial charge is 0.257 e. The Morgan fingerprint density at radius 2 is 1.32 bits per heavy atom. The summed E-state index contributed by atoms with van der Waals surface area (Å²) in [7, 11) is 0. The SMILES string of the molecule is C.CC1(O)CCN(Cc2ccc([C@H]3COc4cccnc4O3)cc2)CC1.O=Cc1ccc([C@H]2COc3cccnc3O2)cc1. The van der Waals surface area contributed by atoms with Gasteiger partial charge in [0.1, 0.15) is 19.5 Å². The first-order valence-electron chi connectivity index (χ1n) is 14.5. The molecule has 44 heavy (non-hydrogen) atoms. The zero-order chi connectivity index (χ0) is 29.6. The van der Waals surface area contributed by atoms with E-state index in [1.54, 1.807) is 30.6 Å². The fourth-order valence-electron chi connectivity index (χ4n) is 5.22. The fourth-order valence-corrected chi connectivity index (χ4v) is 5.22. The zero-order valence-electron chi connectivity index (χ0n) is 24.1. The third-order valence-electron chi connectivity index (χ3n) is 7.90. The van der Waals surface area contributed by atoms with Crippen LogP contribution in [0.1, 0.15) is 66.4 Å². The Kier molecular flexibility index (Phi) is 9.77. The third-order valence-corrected chi connectivity index (χ3v) is 7.90. The van der Waals surface area contributed by atoms with Crippen LogP contribution in [-0.2, 0) is 6.54 Å². The summed E-state index contributed by atoms with van der Waals surface area (Å²) in [4.78, 5) is 21.3. The van der Waals surface area contributed by atoms with Crippen LogP contribution in [0.25, 0.3) is 0 Å². The fraction of sp³-hybridized carbons (Fsp3) is 0.343. The second-order valence-electron chi connectivity index (χ2n) is 11.2. The first-order valence-corrected chi connectivity index (χ1v) is 14.5. The van der Waals surface area contributed by atoms with Gasteiger partial charge in [0, 0.05) is 37.6 Å². The van der Waals surface area contributed by atoms with Crippen molar-refractivity contribution in [3.63, 3.8) is 0 Å². The summed E-state index contributed by atoms with van der Waals surface area (Å²) in [5.41, 5.74) is 3.50. The highest BCUT2D eigenvalue weighted by atomic mass is 16.6. The number of piperidine rings is 1. The van der Waals surface area contributed by atoms with E-state index >= 15 is 0 Å². The molecule has 2 aromatic heterocycles. The maximum Gasteiger partial charge on any atom is 0.257 e. The van der Waals surface area contributed by atoms with E-state index in [0.29, 0.717) is 42.0 Å². The standard InChI is InChI=1S/C20H24N2O3.C14H11NO3.CH4/c1-20(23)8-11-22(12-9-20)13-15-4-6-16(7-5-15)18-14-24-17-3-2-10-21-19(17)25-18;16-8-10-3-5-11(6-4-10)13-9-17-12-2-1-7-15-14(12)18-13;/h2-7,10,18,23H,8-9,11-14H2,1H3;1-8,13H,9H2;1H4/t18-;13-;/m11./s1. The Hall–Kier alpha value is -4.47. The van der Waals surface area contributed by atoms with Crippen LogP contribution in [0.5, 0.6) is 23.3 Å². The van der Waals surface area contributed by atoms with Crippen LogP contribution in [0.2, 0.25) is 0 Å². The lowest BCUT2D eigenvalue weighted by Gasteiger charge is -2.35. The summed E-state index contributed by atoms with van der Waals surface area (Å²) < 4.78 is 23.1. The van der Waals surface area contributed by atoms with Crippen LogP contribution in [0.4, 0.5) is 0 Å². The number of benzene rings is 2. The summed E-state index contributed by atoms with van der Waals surface area (Å²) >= 11 is 0. The Morgan fingerprint density at radius 3 is 1.82 bits per heavy atom. The second-order valence-corrected chi connectivity index (χ2v) is 11.2. The molecule has 9 nitrogen and oxygen atoms in total. The molecule has 2 atom stereocenters. The van der Waals surface area contributed by atoms with Crippen molar-refractivity contribution in [2.75, 3.05) is 26.3 Å². The van der Waals surface area contributed by atoms with Crippen molar-refractivity contribution < 1.29 is 28.8 Å². The van der Waals surface area contributed by atoms with Crippen LogP contribution < -0.4 is 18.9 Å².